The van der Waals surface area contributed by atoms with Gasteiger partial charge in [-0.3, -0.25) is 0 Å². The van der Waals surface area contributed by atoms with Crippen LogP contribution in [0.25, 0.3) is 11.1 Å². The minimum atomic E-state index is -0.995. The molecule has 1 aliphatic rings. The Morgan fingerprint density at radius 2 is 2.04 bits per heavy atom. The second-order valence-electron chi connectivity index (χ2n) is 7.13. The predicted octanol–water partition coefficient (Wildman–Crippen LogP) is 5.30. The molecule has 3 rings (SSSR count). The average molecular weight is 360 g/mol. The van der Waals surface area contributed by atoms with Gasteiger partial charge in [0.25, 0.3) is 0 Å². The molecule has 0 saturated heterocycles. The van der Waals surface area contributed by atoms with Gasteiger partial charge in [-0.1, -0.05) is 43.6 Å². The molecule has 0 aliphatic heterocycles. The third-order valence-corrected chi connectivity index (χ3v) is 5.36. The van der Waals surface area contributed by atoms with Crippen molar-refractivity contribution in [3.8, 4) is 16.9 Å². The first-order valence-corrected chi connectivity index (χ1v) is 8.66. The molecule has 0 aromatic heterocycles. The summed E-state index contributed by atoms with van der Waals surface area (Å²) in [4.78, 5) is 11.2. The fraction of sp³-hybridized carbons (Fsp3) is 0.350. The smallest absolute Gasteiger partial charge is 0.405 e. The molecule has 5 heteroatoms. The van der Waals surface area contributed by atoms with Gasteiger partial charge >= 0.3 is 6.09 Å². The zero-order chi connectivity index (χ0) is 18.2. The Morgan fingerprint density at radius 3 is 2.72 bits per heavy atom. The van der Waals surface area contributed by atoms with E-state index in [0.29, 0.717) is 5.02 Å². The molecule has 2 aromatic rings. The van der Waals surface area contributed by atoms with Gasteiger partial charge in [0.2, 0.25) is 0 Å². The predicted molar refractivity (Wildman–Crippen MR) is 99.4 cm³/mol. The van der Waals surface area contributed by atoms with Crippen LogP contribution in [0.15, 0.2) is 36.4 Å². The van der Waals surface area contributed by atoms with E-state index in [1.807, 2.05) is 30.3 Å². The van der Waals surface area contributed by atoms with Gasteiger partial charge in [-0.05, 0) is 53.1 Å². The van der Waals surface area contributed by atoms with Gasteiger partial charge in [0.15, 0.2) is 0 Å². The van der Waals surface area contributed by atoms with E-state index in [1.165, 1.54) is 0 Å². The lowest BCUT2D eigenvalue weighted by Crippen LogP contribution is -2.40. The number of fused-ring (bicyclic) bond motifs is 1. The van der Waals surface area contributed by atoms with Crippen LogP contribution in [0.1, 0.15) is 37.4 Å². The maximum Gasteiger partial charge on any atom is 0.405 e. The molecule has 132 valence electrons. The van der Waals surface area contributed by atoms with Crippen molar-refractivity contribution < 1.29 is 14.6 Å². The summed E-state index contributed by atoms with van der Waals surface area (Å²) in [7, 11) is 1.63. The summed E-state index contributed by atoms with van der Waals surface area (Å²) in [6, 6.07) is 11.5. The Hall–Kier alpha value is -2.20. The zero-order valence-corrected chi connectivity index (χ0v) is 15.4. The third-order valence-electron chi connectivity index (χ3n) is 5.03. The first-order chi connectivity index (χ1) is 11.8. The van der Waals surface area contributed by atoms with Crippen LogP contribution >= 0.6 is 11.6 Å². The first kappa shape index (κ1) is 17.6. The van der Waals surface area contributed by atoms with Gasteiger partial charge in [-0.15, -0.1) is 0 Å². The van der Waals surface area contributed by atoms with E-state index in [0.717, 1.165) is 40.8 Å². The zero-order valence-electron chi connectivity index (χ0n) is 14.6. The highest BCUT2D eigenvalue weighted by Gasteiger charge is 2.37. The third kappa shape index (κ3) is 3.45. The van der Waals surface area contributed by atoms with Crippen LogP contribution in [-0.4, -0.2) is 18.3 Å². The minimum Gasteiger partial charge on any atom is -0.497 e. The summed E-state index contributed by atoms with van der Waals surface area (Å²) < 4.78 is 5.30. The van der Waals surface area contributed by atoms with Crippen LogP contribution in [0.3, 0.4) is 0 Å². The van der Waals surface area contributed by atoms with Crippen molar-refractivity contribution in [1.29, 1.82) is 0 Å². The highest BCUT2D eigenvalue weighted by Crippen LogP contribution is 2.45. The van der Waals surface area contributed by atoms with Gasteiger partial charge in [0.05, 0.1) is 13.2 Å². The van der Waals surface area contributed by atoms with Crippen molar-refractivity contribution in [1.82, 2.24) is 5.32 Å². The molecule has 1 aliphatic carbocycles. The normalized spacial score (nSPS) is 18.3. The van der Waals surface area contributed by atoms with E-state index in [1.54, 1.807) is 7.11 Å². The second kappa shape index (κ2) is 6.60. The van der Waals surface area contributed by atoms with E-state index in [4.69, 9.17) is 16.3 Å². The van der Waals surface area contributed by atoms with Crippen molar-refractivity contribution >= 4 is 17.7 Å². The van der Waals surface area contributed by atoms with Crippen LogP contribution < -0.4 is 10.1 Å². The Balaban J connectivity index is 2.05. The monoisotopic (exact) mass is 359 g/mol. The molecule has 0 heterocycles. The van der Waals surface area contributed by atoms with Crippen molar-refractivity contribution in [3.63, 3.8) is 0 Å². The highest BCUT2D eigenvalue weighted by atomic mass is 35.5. The molecule has 4 nitrogen and oxygen atoms in total. The SMILES string of the molecule is COc1ccc(Cl)c(-c2ccc3c(c2)CCC(C)(C)[C@@H]3NC(=O)O)c1. The van der Waals surface area contributed by atoms with Gasteiger partial charge in [0.1, 0.15) is 5.75 Å². The van der Waals surface area contributed by atoms with Crippen molar-refractivity contribution in [2.45, 2.75) is 32.7 Å². The summed E-state index contributed by atoms with van der Waals surface area (Å²) >= 11 is 6.37. The number of halogens is 1. The molecule has 0 unspecified atom stereocenters. The van der Waals surface area contributed by atoms with Crippen molar-refractivity contribution in [2.75, 3.05) is 7.11 Å². The Kier molecular flexibility index (Phi) is 4.65. The average Bonchev–Trinajstić information content (AvgIpc) is 2.57. The lowest BCUT2D eigenvalue weighted by atomic mass is 9.70. The number of carbonyl (C=O) groups is 1. The minimum absolute atomic E-state index is 0.124. The molecular weight excluding hydrogens is 338 g/mol. The molecule has 0 radical (unpaired) electrons. The van der Waals surface area contributed by atoms with Crippen LogP contribution in [0.4, 0.5) is 4.79 Å². The molecule has 1 atom stereocenters. The van der Waals surface area contributed by atoms with Gasteiger partial charge in [0, 0.05) is 10.6 Å². The van der Waals surface area contributed by atoms with Gasteiger partial charge in [-0.2, -0.15) is 0 Å². The summed E-state index contributed by atoms with van der Waals surface area (Å²) in [5.74, 6) is 0.753. The molecule has 25 heavy (non-hydrogen) atoms. The van der Waals surface area contributed by atoms with E-state index in [-0.39, 0.29) is 11.5 Å². The standard InChI is InChI=1S/C20H22ClNO3/c1-20(2)9-8-13-10-12(4-6-15(13)18(20)22-19(23)24)16-11-14(25-3)5-7-17(16)21/h4-7,10-11,18,22H,8-9H2,1-3H3,(H,23,24)/t18-/m1/s1. The number of hydrogen-bond acceptors (Lipinski definition) is 2. The van der Waals surface area contributed by atoms with Gasteiger partial charge < -0.3 is 15.2 Å². The van der Waals surface area contributed by atoms with Crippen LogP contribution in [0.5, 0.6) is 5.75 Å². The number of ether oxygens (including phenoxy) is 1. The largest absolute Gasteiger partial charge is 0.497 e. The second-order valence-corrected chi connectivity index (χ2v) is 7.54. The first-order valence-electron chi connectivity index (χ1n) is 8.28. The number of rotatable bonds is 3. The number of hydrogen-bond donors (Lipinski definition) is 2. The molecule has 2 N–H and O–H groups in total. The van der Waals surface area contributed by atoms with Crippen molar-refractivity contribution in [3.05, 3.63) is 52.5 Å². The lowest BCUT2D eigenvalue weighted by molar-refractivity contribution is 0.161. The summed E-state index contributed by atoms with van der Waals surface area (Å²) in [6.07, 6.45) is 0.835. The summed E-state index contributed by atoms with van der Waals surface area (Å²) in [6.45, 7) is 4.20. The Labute approximate surface area is 152 Å². The topological polar surface area (TPSA) is 58.6 Å². The highest BCUT2D eigenvalue weighted by molar-refractivity contribution is 6.33. The summed E-state index contributed by atoms with van der Waals surface area (Å²) in [5.41, 5.74) is 4.00. The van der Waals surface area contributed by atoms with E-state index in [9.17, 15) is 9.90 Å². The summed E-state index contributed by atoms with van der Waals surface area (Å²) in [5, 5.41) is 12.6. The van der Waals surface area contributed by atoms with Gasteiger partial charge in [-0.25, -0.2) is 4.79 Å². The van der Waals surface area contributed by atoms with Crippen molar-refractivity contribution in [2.24, 2.45) is 5.41 Å². The number of amides is 1. The molecule has 2 aromatic carbocycles. The maximum absolute atomic E-state index is 11.2. The lowest BCUT2D eigenvalue weighted by Gasteiger charge is -2.40. The maximum atomic E-state index is 11.2. The van der Waals surface area contributed by atoms with Crippen LogP contribution in [0, 0.1) is 5.41 Å². The molecule has 0 bridgehead atoms. The Morgan fingerprint density at radius 1 is 1.28 bits per heavy atom. The van der Waals surface area contributed by atoms with E-state index < -0.39 is 6.09 Å². The fourth-order valence-corrected chi connectivity index (χ4v) is 3.77. The number of benzene rings is 2. The molecule has 0 fully saturated rings. The number of methoxy groups -OCH3 is 1. The number of carboxylic acid groups (broad SMARTS) is 1. The number of nitrogens with one attached hydrogen (secondary N) is 1. The quantitative estimate of drug-likeness (QED) is 0.782. The number of aryl methyl sites for hydroxylation is 1. The Bertz CT molecular complexity index is 817. The fourth-order valence-electron chi connectivity index (χ4n) is 3.54. The van der Waals surface area contributed by atoms with E-state index in [2.05, 4.69) is 25.2 Å². The molecule has 1 amide bonds. The van der Waals surface area contributed by atoms with Crippen LogP contribution in [-0.2, 0) is 6.42 Å². The molecular formula is C20H22ClNO3. The van der Waals surface area contributed by atoms with Crippen LogP contribution in [0.2, 0.25) is 5.02 Å². The molecule has 0 saturated carbocycles. The molecule has 0 spiro atoms. The van der Waals surface area contributed by atoms with E-state index >= 15 is 0 Å².